The van der Waals surface area contributed by atoms with Crippen LogP contribution in [0.1, 0.15) is 26.7 Å². The van der Waals surface area contributed by atoms with Gasteiger partial charge in [-0.1, -0.05) is 0 Å². The molecule has 0 N–H and O–H groups in total. The van der Waals surface area contributed by atoms with Gasteiger partial charge in [-0.15, -0.1) is 0 Å². The smallest absolute Gasteiger partial charge is 0.264 e. The van der Waals surface area contributed by atoms with Crippen molar-refractivity contribution in [3.05, 3.63) is 0 Å². The zero-order valence-corrected chi connectivity index (χ0v) is 17.8. The third kappa shape index (κ3) is 6.17. The van der Waals surface area contributed by atoms with E-state index in [1.165, 1.54) is 0 Å². The van der Waals surface area contributed by atoms with Gasteiger partial charge >= 0.3 is 41.2 Å². The molecule has 0 heterocycles. The van der Waals surface area contributed by atoms with E-state index in [0.717, 1.165) is 0 Å². The second-order valence-corrected chi connectivity index (χ2v) is 9.56. The van der Waals surface area contributed by atoms with E-state index in [1.807, 2.05) is 0 Å². The Labute approximate surface area is 184 Å². The molecule has 35 heavy (non-hydrogen) atoms. The van der Waals surface area contributed by atoms with Crippen LogP contribution in [0.3, 0.4) is 0 Å². The summed E-state index contributed by atoms with van der Waals surface area (Å²) in [5.41, 5.74) is -5.96. The third-order valence-corrected chi connectivity index (χ3v) is 5.51. The van der Waals surface area contributed by atoms with E-state index in [0.29, 0.717) is 0 Å². The van der Waals surface area contributed by atoms with Crippen LogP contribution in [0.2, 0.25) is 0 Å². The SMILES string of the molecule is CC(F)(F)C(F)(F)CC(F)(CC(F)(F)C(F)(OC(F)(F)C(F)(F)S(C)(=O)=O)C(F)(F)F)C(C)(F)F. The molecule has 0 spiro atoms. The molecule has 0 bridgehead atoms. The number of rotatable bonds is 11. The van der Waals surface area contributed by atoms with E-state index in [9.17, 15) is 83.1 Å². The molecule has 0 fully saturated rings. The molecule has 0 rings (SSSR count). The monoisotopic (exact) mass is 584 g/mol. The van der Waals surface area contributed by atoms with Gasteiger partial charge in [-0.05, 0) is 0 Å². The minimum atomic E-state index is -7.70. The highest BCUT2D eigenvalue weighted by atomic mass is 32.2. The fourth-order valence-corrected chi connectivity index (χ4v) is 2.61. The Bertz CT molecular complexity index is 870. The summed E-state index contributed by atoms with van der Waals surface area (Å²) in [5, 5.41) is -6.91. The lowest BCUT2D eigenvalue weighted by Gasteiger charge is -2.42. The van der Waals surface area contributed by atoms with E-state index < -0.39 is 95.5 Å². The summed E-state index contributed by atoms with van der Waals surface area (Å²) in [6, 6.07) is 0. The van der Waals surface area contributed by atoms with E-state index in [2.05, 4.69) is 0 Å². The largest absolute Gasteiger partial charge is 0.455 e. The number of hydrogen-bond donors (Lipinski definition) is 0. The first-order valence-corrected chi connectivity index (χ1v) is 10.1. The number of alkyl halides is 17. The number of ether oxygens (including phenoxy) is 1. The highest BCUT2D eigenvalue weighted by molar-refractivity contribution is 7.91. The molecular formula is C14H13F17O3S. The molecule has 0 aliphatic heterocycles. The maximum atomic E-state index is 14.5. The lowest BCUT2D eigenvalue weighted by Crippen LogP contribution is -2.66. The maximum Gasteiger partial charge on any atom is 0.455 e. The van der Waals surface area contributed by atoms with E-state index in [4.69, 9.17) is 0 Å². The van der Waals surface area contributed by atoms with E-state index in [-0.39, 0.29) is 0 Å². The molecule has 0 amide bonds. The van der Waals surface area contributed by atoms with Crippen LogP contribution in [0.15, 0.2) is 0 Å². The summed E-state index contributed by atoms with van der Waals surface area (Å²) in [6.45, 7) is -1.70. The second-order valence-electron chi connectivity index (χ2n) is 7.51. The predicted octanol–water partition coefficient (Wildman–Crippen LogP) is 6.53. The molecule has 2 atom stereocenters. The Morgan fingerprint density at radius 1 is 0.600 bits per heavy atom. The zero-order chi connectivity index (χ0) is 29.1. The van der Waals surface area contributed by atoms with Gasteiger partial charge in [0.1, 0.15) is 0 Å². The fraction of sp³-hybridized carbons (Fsp3) is 1.00. The van der Waals surface area contributed by atoms with Gasteiger partial charge in [0.05, 0.1) is 12.8 Å². The number of sulfone groups is 1. The average molecular weight is 584 g/mol. The molecule has 3 nitrogen and oxygen atoms in total. The van der Waals surface area contributed by atoms with Crippen molar-refractivity contribution in [2.75, 3.05) is 6.26 Å². The summed E-state index contributed by atoms with van der Waals surface area (Å²) in [5.74, 6) is -32.3. The van der Waals surface area contributed by atoms with Gasteiger partial charge in [0.15, 0.2) is 5.67 Å². The van der Waals surface area contributed by atoms with Crippen molar-refractivity contribution < 1.29 is 87.8 Å². The van der Waals surface area contributed by atoms with Crippen LogP contribution in [0, 0.1) is 0 Å². The third-order valence-electron chi connectivity index (χ3n) is 4.34. The number of halogens is 17. The molecule has 0 aromatic carbocycles. The predicted molar refractivity (Wildman–Crippen MR) is 79.9 cm³/mol. The van der Waals surface area contributed by atoms with Crippen molar-refractivity contribution in [3.8, 4) is 0 Å². The Balaban J connectivity index is 6.89. The minimum absolute atomic E-state index is 0.772. The van der Waals surface area contributed by atoms with Crippen molar-refractivity contribution in [2.45, 2.75) is 79.4 Å². The molecule has 0 saturated carbocycles. The van der Waals surface area contributed by atoms with Gasteiger partial charge in [-0.3, -0.25) is 4.74 Å². The van der Waals surface area contributed by atoms with E-state index >= 15 is 0 Å². The summed E-state index contributed by atoms with van der Waals surface area (Å²) in [6.07, 6.45) is -23.9. The maximum absolute atomic E-state index is 14.5. The first-order valence-electron chi connectivity index (χ1n) is 8.23. The topological polar surface area (TPSA) is 43.4 Å². The molecule has 0 aromatic rings. The van der Waals surface area contributed by atoms with Gasteiger partial charge in [0.2, 0.25) is 9.84 Å². The molecular weight excluding hydrogens is 571 g/mol. The molecule has 0 aromatic heterocycles. The summed E-state index contributed by atoms with van der Waals surface area (Å²) >= 11 is 0. The summed E-state index contributed by atoms with van der Waals surface area (Å²) in [4.78, 5) is 0. The van der Waals surface area contributed by atoms with Crippen LogP contribution in [-0.2, 0) is 14.6 Å². The van der Waals surface area contributed by atoms with Crippen molar-refractivity contribution in [1.29, 1.82) is 0 Å². The quantitative estimate of drug-likeness (QED) is 0.260. The van der Waals surface area contributed by atoms with Gasteiger partial charge < -0.3 is 0 Å². The highest BCUT2D eigenvalue weighted by Gasteiger charge is 2.81. The van der Waals surface area contributed by atoms with Crippen molar-refractivity contribution in [2.24, 2.45) is 0 Å². The lowest BCUT2D eigenvalue weighted by molar-refractivity contribution is -0.480. The standard InChI is InChI=1S/C14H13F17O3S/c1-6(15,16)8(19,4-9(20,21)7(2,17)18)5-10(22,23)11(24,12(25,26)27)34-13(28,29)14(30,31)35(3,32)33/h4-5H2,1-3H3. The van der Waals surface area contributed by atoms with Crippen LogP contribution in [0.25, 0.3) is 0 Å². The fourth-order valence-electron chi connectivity index (χ4n) is 2.14. The van der Waals surface area contributed by atoms with Crippen LogP contribution in [0.5, 0.6) is 0 Å². The van der Waals surface area contributed by atoms with Crippen LogP contribution in [-0.4, -0.2) is 67.4 Å². The van der Waals surface area contributed by atoms with Gasteiger partial charge in [0, 0.05) is 20.1 Å². The van der Waals surface area contributed by atoms with Gasteiger partial charge in [-0.2, -0.15) is 52.7 Å². The van der Waals surface area contributed by atoms with E-state index in [1.54, 1.807) is 4.74 Å². The van der Waals surface area contributed by atoms with Gasteiger partial charge in [-0.25, -0.2) is 30.4 Å². The first-order chi connectivity index (χ1) is 14.6. The summed E-state index contributed by atoms with van der Waals surface area (Å²) in [7, 11) is -6.59. The highest BCUT2D eigenvalue weighted by Crippen LogP contribution is 2.58. The molecule has 0 saturated heterocycles. The Morgan fingerprint density at radius 2 is 0.943 bits per heavy atom. The van der Waals surface area contributed by atoms with Gasteiger partial charge in [0.25, 0.3) is 5.92 Å². The van der Waals surface area contributed by atoms with Crippen LogP contribution >= 0.6 is 0 Å². The molecule has 2 unspecified atom stereocenters. The second kappa shape index (κ2) is 8.64. The number of hydrogen-bond acceptors (Lipinski definition) is 3. The summed E-state index contributed by atoms with van der Waals surface area (Å²) < 4.78 is 252. The Morgan fingerprint density at radius 3 is 1.20 bits per heavy atom. The lowest BCUT2D eigenvalue weighted by atomic mass is 9.82. The van der Waals surface area contributed by atoms with Crippen LogP contribution < -0.4 is 0 Å². The van der Waals surface area contributed by atoms with Crippen molar-refractivity contribution >= 4 is 9.84 Å². The molecule has 21 heteroatoms. The average Bonchev–Trinajstić information content (AvgIpc) is 2.48. The Kier molecular flexibility index (Phi) is 8.33. The molecule has 0 radical (unpaired) electrons. The molecule has 0 aliphatic rings. The van der Waals surface area contributed by atoms with Crippen molar-refractivity contribution in [1.82, 2.24) is 0 Å². The normalized spacial score (nSPS) is 19.3. The zero-order valence-electron chi connectivity index (χ0n) is 17.0. The van der Waals surface area contributed by atoms with Crippen LogP contribution in [0.4, 0.5) is 74.6 Å². The Hall–Kier alpha value is -1.28. The first kappa shape index (κ1) is 33.7. The minimum Gasteiger partial charge on any atom is -0.264 e. The van der Waals surface area contributed by atoms with Crippen molar-refractivity contribution in [3.63, 3.8) is 0 Å². The molecule has 0 aliphatic carbocycles. The molecule has 212 valence electrons.